The zero-order valence-corrected chi connectivity index (χ0v) is 16.4. The summed E-state index contributed by atoms with van der Waals surface area (Å²) in [6.45, 7) is 0. The van der Waals surface area contributed by atoms with E-state index in [1.165, 1.54) is 18.2 Å². The molecular formula is C23H19F3N2O3. The molecule has 0 radical (unpaired) electrons. The molecule has 0 aliphatic heterocycles. The molecule has 0 amide bonds. The van der Waals surface area contributed by atoms with Gasteiger partial charge in [-0.2, -0.15) is 0 Å². The summed E-state index contributed by atoms with van der Waals surface area (Å²) in [4.78, 5) is 32.1. The van der Waals surface area contributed by atoms with Crippen molar-refractivity contribution >= 4 is 5.78 Å². The molecule has 0 bridgehead atoms. The Balaban J connectivity index is 1.57. The molecule has 1 fully saturated rings. The van der Waals surface area contributed by atoms with E-state index in [1.54, 1.807) is 36.4 Å². The number of benzene rings is 2. The van der Waals surface area contributed by atoms with Crippen LogP contribution >= 0.6 is 0 Å². The highest BCUT2D eigenvalue weighted by Crippen LogP contribution is 2.47. The molecule has 1 saturated carbocycles. The molecule has 1 aliphatic carbocycles. The number of carbonyl (C=O) groups excluding carboxylic acids is 1. The van der Waals surface area contributed by atoms with Crippen LogP contribution in [0.3, 0.4) is 0 Å². The second-order valence-corrected chi connectivity index (χ2v) is 7.65. The maximum Gasteiger partial charge on any atom is 0.573 e. The molecule has 1 N–H and O–H groups in total. The monoisotopic (exact) mass is 428 g/mol. The lowest BCUT2D eigenvalue weighted by Crippen LogP contribution is -2.37. The van der Waals surface area contributed by atoms with Gasteiger partial charge < -0.3 is 9.72 Å². The number of aromatic amines is 1. The van der Waals surface area contributed by atoms with Gasteiger partial charge in [0, 0.05) is 23.5 Å². The van der Waals surface area contributed by atoms with E-state index < -0.39 is 17.3 Å². The molecule has 0 unspecified atom stereocenters. The lowest BCUT2D eigenvalue weighted by atomic mass is 9.61. The van der Waals surface area contributed by atoms with Crippen LogP contribution < -0.4 is 10.3 Å². The number of aromatic nitrogens is 2. The van der Waals surface area contributed by atoms with E-state index >= 15 is 0 Å². The summed E-state index contributed by atoms with van der Waals surface area (Å²) in [5, 5.41) is 0. The maximum atomic E-state index is 13.0. The molecule has 1 heterocycles. The summed E-state index contributed by atoms with van der Waals surface area (Å²) < 4.78 is 41.1. The predicted octanol–water partition coefficient (Wildman–Crippen LogP) is 5.03. The number of hydrogen-bond acceptors (Lipinski definition) is 4. The number of alkyl halides is 3. The highest BCUT2D eigenvalue weighted by atomic mass is 19.4. The Morgan fingerprint density at radius 2 is 1.74 bits per heavy atom. The van der Waals surface area contributed by atoms with Crippen LogP contribution in [0, 0.1) is 0 Å². The number of Topliss-reactive ketones (excluding diaryl/α,β-unsaturated/α-hetero) is 1. The largest absolute Gasteiger partial charge is 0.573 e. The van der Waals surface area contributed by atoms with Gasteiger partial charge in [0.05, 0.1) is 0 Å². The summed E-state index contributed by atoms with van der Waals surface area (Å²) in [5.41, 5.74) is 0.632. The van der Waals surface area contributed by atoms with Crippen molar-refractivity contribution in [3.63, 3.8) is 0 Å². The summed E-state index contributed by atoms with van der Waals surface area (Å²) in [6, 6.07) is 15.8. The van der Waals surface area contributed by atoms with Gasteiger partial charge in [-0.25, -0.2) is 4.98 Å². The molecule has 3 aromatic rings. The highest BCUT2D eigenvalue weighted by Gasteiger charge is 2.41. The fourth-order valence-corrected chi connectivity index (χ4v) is 3.91. The van der Waals surface area contributed by atoms with Crippen molar-refractivity contribution in [1.82, 2.24) is 9.97 Å². The minimum Gasteiger partial charge on any atom is -0.406 e. The van der Waals surface area contributed by atoms with Crippen molar-refractivity contribution in [3.05, 3.63) is 82.3 Å². The normalized spacial score (nSPS) is 15.2. The fraction of sp³-hybridized carbons (Fsp3) is 0.261. The van der Waals surface area contributed by atoms with Crippen LogP contribution in [0.15, 0.2) is 65.5 Å². The van der Waals surface area contributed by atoms with Crippen LogP contribution in [0.25, 0.3) is 11.4 Å². The summed E-state index contributed by atoms with van der Waals surface area (Å²) in [6.07, 6.45) is -2.27. The third-order valence-corrected chi connectivity index (χ3v) is 5.58. The van der Waals surface area contributed by atoms with Gasteiger partial charge in [-0.3, -0.25) is 9.59 Å². The standard InChI is InChI=1S/C23H19F3N2O3/c24-23(25,26)31-17-9-7-16(8-10-17)22(11-4-12-22)14-19(29)18-13-20(30)28-21(27-18)15-5-2-1-3-6-15/h1-3,5-10,13H,4,11-12,14H2,(H,27,28,30). The van der Waals surface area contributed by atoms with Crippen LogP contribution in [0.4, 0.5) is 13.2 Å². The number of ether oxygens (including phenoxy) is 1. The van der Waals surface area contributed by atoms with Crippen molar-refractivity contribution in [2.75, 3.05) is 0 Å². The fourth-order valence-electron chi connectivity index (χ4n) is 3.91. The lowest BCUT2D eigenvalue weighted by molar-refractivity contribution is -0.274. The van der Waals surface area contributed by atoms with E-state index in [0.29, 0.717) is 11.4 Å². The zero-order valence-electron chi connectivity index (χ0n) is 16.4. The Bertz CT molecular complexity index is 1140. The number of carbonyl (C=O) groups is 1. The number of nitrogens with zero attached hydrogens (tertiary/aromatic N) is 1. The molecule has 8 heteroatoms. The van der Waals surface area contributed by atoms with Gasteiger partial charge in [0.1, 0.15) is 17.3 Å². The predicted molar refractivity (Wildman–Crippen MR) is 108 cm³/mol. The van der Waals surface area contributed by atoms with Crippen molar-refractivity contribution in [3.8, 4) is 17.1 Å². The first-order valence-corrected chi connectivity index (χ1v) is 9.80. The van der Waals surface area contributed by atoms with E-state index in [0.717, 1.165) is 24.8 Å². The Hall–Kier alpha value is -3.42. The second kappa shape index (κ2) is 8.02. The zero-order chi connectivity index (χ0) is 22.1. The van der Waals surface area contributed by atoms with Crippen molar-refractivity contribution in [2.45, 2.75) is 37.5 Å². The Kier molecular flexibility index (Phi) is 5.39. The summed E-state index contributed by atoms with van der Waals surface area (Å²) in [7, 11) is 0. The molecule has 0 atom stereocenters. The topological polar surface area (TPSA) is 72.1 Å². The maximum absolute atomic E-state index is 13.0. The smallest absolute Gasteiger partial charge is 0.406 e. The molecule has 31 heavy (non-hydrogen) atoms. The molecule has 1 aromatic heterocycles. The van der Waals surface area contributed by atoms with Crippen LogP contribution in [-0.2, 0) is 5.41 Å². The van der Waals surface area contributed by atoms with Crippen LogP contribution in [0.2, 0.25) is 0 Å². The number of hydrogen-bond donors (Lipinski definition) is 1. The van der Waals surface area contributed by atoms with Crippen molar-refractivity contribution in [1.29, 1.82) is 0 Å². The van der Waals surface area contributed by atoms with E-state index in [-0.39, 0.29) is 23.6 Å². The minimum atomic E-state index is -4.76. The Morgan fingerprint density at radius 1 is 1.06 bits per heavy atom. The summed E-state index contributed by atoms with van der Waals surface area (Å²) in [5.74, 6) is -0.271. The molecule has 4 rings (SSSR count). The minimum absolute atomic E-state index is 0.0749. The van der Waals surface area contributed by atoms with E-state index in [2.05, 4.69) is 14.7 Å². The average molecular weight is 428 g/mol. The number of ketones is 1. The van der Waals surface area contributed by atoms with Crippen molar-refractivity contribution < 1.29 is 22.7 Å². The van der Waals surface area contributed by atoms with Gasteiger partial charge in [0.2, 0.25) is 0 Å². The summed E-state index contributed by atoms with van der Waals surface area (Å²) >= 11 is 0. The van der Waals surface area contributed by atoms with Crippen LogP contribution in [-0.4, -0.2) is 22.1 Å². The van der Waals surface area contributed by atoms with E-state index in [1.807, 2.05) is 6.07 Å². The van der Waals surface area contributed by atoms with Crippen molar-refractivity contribution in [2.24, 2.45) is 0 Å². The third kappa shape index (κ3) is 4.68. The third-order valence-electron chi connectivity index (χ3n) is 5.58. The molecular weight excluding hydrogens is 409 g/mol. The van der Waals surface area contributed by atoms with E-state index in [9.17, 15) is 22.8 Å². The van der Waals surface area contributed by atoms with Crippen LogP contribution in [0.5, 0.6) is 5.75 Å². The van der Waals surface area contributed by atoms with Gasteiger partial charge in [-0.05, 0) is 30.5 Å². The molecule has 5 nitrogen and oxygen atoms in total. The van der Waals surface area contributed by atoms with Gasteiger partial charge in [0.25, 0.3) is 5.56 Å². The second-order valence-electron chi connectivity index (χ2n) is 7.65. The van der Waals surface area contributed by atoms with Crippen LogP contribution in [0.1, 0.15) is 41.7 Å². The van der Waals surface area contributed by atoms with Gasteiger partial charge in [-0.15, -0.1) is 13.2 Å². The molecule has 1 aliphatic rings. The molecule has 0 saturated heterocycles. The average Bonchev–Trinajstić information content (AvgIpc) is 2.70. The number of halogens is 3. The molecule has 0 spiro atoms. The van der Waals surface area contributed by atoms with Gasteiger partial charge in [-0.1, -0.05) is 48.9 Å². The number of nitrogens with one attached hydrogen (secondary N) is 1. The molecule has 2 aromatic carbocycles. The highest BCUT2D eigenvalue weighted by molar-refractivity contribution is 5.95. The molecule has 160 valence electrons. The quantitative estimate of drug-likeness (QED) is 0.559. The number of rotatable bonds is 6. The van der Waals surface area contributed by atoms with Gasteiger partial charge in [0.15, 0.2) is 5.78 Å². The Morgan fingerprint density at radius 3 is 2.32 bits per heavy atom. The first-order chi connectivity index (χ1) is 14.7. The SMILES string of the molecule is O=C(CC1(c2ccc(OC(F)(F)F)cc2)CCC1)c1cc(=O)[nH]c(-c2ccccc2)n1. The Labute approximate surface area is 175 Å². The lowest BCUT2D eigenvalue weighted by Gasteiger charge is -2.42. The first kappa shape index (κ1) is 20.8. The van der Waals surface area contributed by atoms with Gasteiger partial charge >= 0.3 is 6.36 Å². The van der Waals surface area contributed by atoms with E-state index in [4.69, 9.17) is 0 Å². The number of H-pyrrole nitrogens is 1. The first-order valence-electron chi connectivity index (χ1n) is 9.80.